The molecule has 0 bridgehead atoms. The van der Waals surface area contributed by atoms with E-state index in [0.29, 0.717) is 19.3 Å². The molecule has 0 aromatic carbocycles. The largest absolute Gasteiger partial charge is 0.480 e. The monoisotopic (exact) mass is 244 g/mol. The van der Waals surface area contributed by atoms with Gasteiger partial charge in [0.15, 0.2) is 0 Å². The molecule has 100 valence electrons. The van der Waals surface area contributed by atoms with Crippen LogP contribution in [-0.2, 0) is 9.59 Å². The number of aliphatic carboxylic acids is 1. The Bertz CT molecular complexity index is 252. The molecule has 0 aliphatic carbocycles. The second-order valence-corrected chi connectivity index (χ2v) is 4.96. The Kier molecular flexibility index (Phi) is 7.54. The van der Waals surface area contributed by atoms with Gasteiger partial charge in [-0.2, -0.15) is 0 Å². The van der Waals surface area contributed by atoms with Gasteiger partial charge in [0.25, 0.3) is 0 Å². The van der Waals surface area contributed by atoms with Crippen molar-refractivity contribution in [3.8, 4) is 0 Å². The van der Waals surface area contributed by atoms with Gasteiger partial charge in [-0.15, -0.1) is 0 Å². The van der Waals surface area contributed by atoms with Crippen LogP contribution in [-0.4, -0.2) is 29.1 Å². The molecule has 5 nitrogen and oxygen atoms in total. The summed E-state index contributed by atoms with van der Waals surface area (Å²) < 4.78 is 0. The van der Waals surface area contributed by atoms with E-state index in [1.54, 1.807) is 0 Å². The first-order valence-electron chi connectivity index (χ1n) is 6.10. The van der Waals surface area contributed by atoms with Crippen molar-refractivity contribution in [3.05, 3.63) is 0 Å². The Morgan fingerprint density at radius 1 is 1.29 bits per heavy atom. The van der Waals surface area contributed by atoms with Gasteiger partial charge in [-0.1, -0.05) is 13.8 Å². The number of hydrogen-bond acceptors (Lipinski definition) is 3. The Morgan fingerprint density at radius 3 is 2.29 bits per heavy atom. The molecule has 0 radical (unpaired) electrons. The molecule has 0 saturated heterocycles. The van der Waals surface area contributed by atoms with Crippen LogP contribution in [0, 0.1) is 5.92 Å². The van der Waals surface area contributed by atoms with Gasteiger partial charge in [-0.3, -0.25) is 4.79 Å². The predicted octanol–water partition coefficient (Wildman–Crippen LogP) is 1.12. The van der Waals surface area contributed by atoms with Gasteiger partial charge in [-0.25, -0.2) is 4.79 Å². The maximum Gasteiger partial charge on any atom is 0.326 e. The average Bonchev–Trinajstić information content (AvgIpc) is 2.15. The lowest BCUT2D eigenvalue weighted by Gasteiger charge is -2.16. The number of carbonyl (C=O) groups is 2. The van der Waals surface area contributed by atoms with Crippen LogP contribution in [0.1, 0.15) is 46.5 Å². The van der Waals surface area contributed by atoms with Gasteiger partial charge in [0, 0.05) is 12.5 Å². The van der Waals surface area contributed by atoms with E-state index < -0.39 is 12.0 Å². The van der Waals surface area contributed by atoms with Gasteiger partial charge in [0.2, 0.25) is 5.91 Å². The molecule has 2 unspecified atom stereocenters. The minimum absolute atomic E-state index is 0.0775. The third kappa shape index (κ3) is 8.68. The first-order chi connectivity index (χ1) is 7.82. The van der Waals surface area contributed by atoms with Crippen LogP contribution in [0.2, 0.25) is 0 Å². The lowest BCUT2D eigenvalue weighted by Crippen LogP contribution is -2.41. The van der Waals surface area contributed by atoms with Gasteiger partial charge >= 0.3 is 5.97 Å². The molecule has 0 spiro atoms. The van der Waals surface area contributed by atoms with Crippen LogP contribution in [0.25, 0.3) is 0 Å². The van der Waals surface area contributed by atoms with E-state index in [1.165, 1.54) is 0 Å². The average molecular weight is 244 g/mol. The summed E-state index contributed by atoms with van der Waals surface area (Å²) in [6.45, 7) is 5.74. The molecule has 4 N–H and O–H groups in total. The number of nitrogens with one attached hydrogen (secondary N) is 1. The molecule has 0 rings (SSSR count). The fourth-order valence-corrected chi connectivity index (χ4v) is 1.54. The van der Waals surface area contributed by atoms with Crippen molar-refractivity contribution < 1.29 is 14.7 Å². The van der Waals surface area contributed by atoms with Crippen LogP contribution in [0.15, 0.2) is 0 Å². The van der Waals surface area contributed by atoms with Crippen LogP contribution in [0.3, 0.4) is 0 Å². The van der Waals surface area contributed by atoms with E-state index in [-0.39, 0.29) is 17.9 Å². The first kappa shape index (κ1) is 15.9. The van der Waals surface area contributed by atoms with E-state index in [0.717, 1.165) is 6.42 Å². The molecule has 1 amide bonds. The first-order valence-corrected chi connectivity index (χ1v) is 6.10. The maximum absolute atomic E-state index is 11.5. The molecule has 17 heavy (non-hydrogen) atoms. The van der Waals surface area contributed by atoms with Gasteiger partial charge in [0.05, 0.1) is 0 Å². The van der Waals surface area contributed by atoms with Crippen LogP contribution in [0.5, 0.6) is 0 Å². The smallest absolute Gasteiger partial charge is 0.326 e. The predicted molar refractivity (Wildman–Crippen MR) is 66.5 cm³/mol. The normalized spacial score (nSPS) is 14.4. The number of carbonyl (C=O) groups excluding carboxylic acids is 1. The molecular weight excluding hydrogens is 220 g/mol. The Morgan fingerprint density at radius 2 is 1.88 bits per heavy atom. The molecule has 0 aliphatic rings. The maximum atomic E-state index is 11.5. The zero-order valence-electron chi connectivity index (χ0n) is 10.9. The van der Waals surface area contributed by atoms with Crippen LogP contribution in [0.4, 0.5) is 0 Å². The Hall–Kier alpha value is -1.10. The van der Waals surface area contributed by atoms with E-state index in [1.807, 2.05) is 20.8 Å². The highest BCUT2D eigenvalue weighted by atomic mass is 16.4. The van der Waals surface area contributed by atoms with E-state index in [9.17, 15) is 9.59 Å². The fraction of sp³-hybridized carbons (Fsp3) is 0.833. The van der Waals surface area contributed by atoms with Crippen molar-refractivity contribution >= 4 is 11.9 Å². The summed E-state index contributed by atoms with van der Waals surface area (Å²) in [5.74, 6) is -0.946. The van der Waals surface area contributed by atoms with Gasteiger partial charge < -0.3 is 16.2 Å². The number of hydrogen-bond donors (Lipinski definition) is 3. The molecule has 5 heteroatoms. The Labute approximate surface area is 103 Å². The SMILES string of the molecule is CC(C)CC(NC(=O)CCCC(C)N)C(=O)O. The van der Waals surface area contributed by atoms with Crippen molar-refractivity contribution in [1.29, 1.82) is 0 Å². The summed E-state index contributed by atoms with van der Waals surface area (Å²) in [7, 11) is 0. The molecule has 2 atom stereocenters. The van der Waals surface area contributed by atoms with E-state index in [2.05, 4.69) is 5.32 Å². The van der Waals surface area contributed by atoms with Crippen molar-refractivity contribution in [2.24, 2.45) is 11.7 Å². The Balaban J connectivity index is 4.00. The van der Waals surface area contributed by atoms with Crippen molar-refractivity contribution in [2.45, 2.75) is 58.5 Å². The van der Waals surface area contributed by atoms with Gasteiger partial charge in [0.1, 0.15) is 6.04 Å². The lowest BCUT2D eigenvalue weighted by molar-refractivity contribution is -0.142. The molecule has 0 aromatic heterocycles. The summed E-state index contributed by atoms with van der Waals surface area (Å²) in [6, 6.07) is -0.702. The van der Waals surface area contributed by atoms with Crippen LogP contribution < -0.4 is 11.1 Å². The second-order valence-electron chi connectivity index (χ2n) is 4.96. The molecule has 0 fully saturated rings. The van der Waals surface area contributed by atoms with Crippen molar-refractivity contribution in [1.82, 2.24) is 5.32 Å². The minimum atomic E-state index is -0.973. The molecule has 0 heterocycles. The van der Waals surface area contributed by atoms with E-state index in [4.69, 9.17) is 10.8 Å². The molecule has 0 aromatic rings. The van der Waals surface area contributed by atoms with Crippen LogP contribution >= 0.6 is 0 Å². The third-order valence-electron chi connectivity index (χ3n) is 2.40. The quantitative estimate of drug-likeness (QED) is 0.596. The fourth-order valence-electron chi connectivity index (χ4n) is 1.54. The van der Waals surface area contributed by atoms with E-state index >= 15 is 0 Å². The second kappa shape index (κ2) is 8.06. The number of amides is 1. The summed E-state index contributed by atoms with van der Waals surface area (Å²) in [5.41, 5.74) is 5.57. The number of carboxylic acid groups (broad SMARTS) is 1. The summed E-state index contributed by atoms with van der Waals surface area (Å²) >= 11 is 0. The molecule has 0 aliphatic heterocycles. The summed E-state index contributed by atoms with van der Waals surface area (Å²) in [5, 5.41) is 11.5. The molecular formula is C12H24N2O3. The van der Waals surface area contributed by atoms with Gasteiger partial charge in [-0.05, 0) is 32.1 Å². The van der Waals surface area contributed by atoms with Crippen molar-refractivity contribution in [2.75, 3.05) is 0 Å². The minimum Gasteiger partial charge on any atom is -0.480 e. The standard InChI is InChI=1S/C12H24N2O3/c1-8(2)7-10(12(16)17)14-11(15)6-4-5-9(3)13/h8-10H,4-7,13H2,1-3H3,(H,14,15)(H,16,17). The summed E-state index contributed by atoms with van der Waals surface area (Å²) in [6.07, 6.45) is 2.25. The number of nitrogens with two attached hydrogens (primary N) is 1. The highest BCUT2D eigenvalue weighted by Gasteiger charge is 2.20. The van der Waals surface area contributed by atoms with Crippen molar-refractivity contribution in [3.63, 3.8) is 0 Å². The number of carboxylic acids is 1. The zero-order valence-corrected chi connectivity index (χ0v) is 10.9. The third-order valence-corrected chi connectivity index (χ3v) is 2.40. The number of rotatable bonds is 8. The highest BCUT2D eigenvalue weighted by molar-refractivity contribution is 5.83. The molecule has 0 saturated carbocycles. The zero-order chi connectivity index (χ0) is 13.4. The summed E-state index contributed by atoms with van der Waals surface area (Å²) in [4.78, 5) is 22.4. The highest BCUT2D eigenvalue weighted by Crippen LogP contribution is 2.06. The lowest BCUT2D eigenvalue weighted by atomic mass is 10.0. The topological polar surface area (TPSA) is 92.4 Å².